The van der Waals surface area contributed by atoms with Gasteiger partial charge in [0.2, 0.25) is 0 Å². The molecule has 0 aromatic carbocycles. The van der Waals surface area contributed by atoms with Crippen molar-refractivity contribution in [3.05, 3.63) is 29.6 Å². The minimum atomic E-state index is -0.965. The molecule has 1 aromatic heterocycles. The summed E-state index contributed by atoms with van der Waals surface area (Å²) in [7, 11) is 3.00. The lowest BCUT2D eigenvalue weighted by Gasteiger charge is -2.15. The van der Waals surface area contributed by atoms with Crippen molar-refractivity contribution in [1.82, 2.24) is 15.2 Å². The molecule has 7 heteroatoms. The molecule has 102 valence electrons. The topological polar surface area (TPSA) is 99.6 Å². The summed E-state index contributed by atoms with van der Waals surface area (Å²) in [6.45, 7) is 0.116. The average Bonchev–Trinajstić information content (AvgIpc) is 2.43. The third-order valence-corrected chi connectivity index (χ3v) is 2.48. The lowest BCUT2D eigenvalue weighted by Crippen LogP contribution is -2.29. The van der Waals surface area contributed by atoms with Crippen LogP contribution in [0.5, 0.6) is 0 Å². The summed E-state index contributed by atoms with van der Waals surface area (Å²) < 4.78 is 0. The minimum absolute atomic E-state index is 0.116. The Hall–Kier alpha value is -2.44. The molecule has 0 aliphatic rings. The van der Waals surface area contributed by atoms with E-state index < -0.39 is 5.97 Å². The van der Waals surface area contributed by atoms with Crippen molar-refractivity contribution < 1.29 is 19.5 Å². The van der Waals surface area contributed by atoms with E-state index in [0.29, 0.717) is 5.56 Å². The molecule has 0 bridgehead atoms. The number of nitrogens with one attached hydrogen (secondary N) is 1. The molecule has 1 rings (SSSR count). The first kappa shape index (κ1) is 14.6. The molecule has 2 amide bonds. The average molecular weight is 265 g/mol. The quantitative estimate of drug-likeness (QED) is 0.780. The van der Waals surface area contributed by atoms with Crippen molar-refractivity contribution in [2.45, 2.75) is 6.42 Å². The van der Waals surface area contributed by atoms with Crippen molar-refractivity contribution in [3.63, 3.8) is 0 Å². The molecule has 0 fully saturated rings. The molecule has 7 nitrogen and oxygen atoms in total. The zero-order valence-corrected chi connectivity index (χ0v) is 10.7. The summed E-state index contributed by atoms with van der Waals surface area (Å²) in [5.74, 6) is -1.64. The van der Waals surface area contributed by atoms with Gasteiger partial charge in [-0.1, -0.05) is 0 Å². The van der Waals surface area contributed by atoms with Crippen molar-refractivity contribution in [1.29, 1.82) is 0 Å². The van der Waals surface area contributed by atoms with Gasteiger partial charge >= 0.3 is 5.97 Å². The number of nitrogens with zero attached hydrogens (tertiary/aromatic N) is 2. The normalized spacial score (nSPS) is 9.79. The first-order valence-electron chi connectivity index (χ1n) is 5.61. The molecule has 0 aliphatic heterocycles. The number of carboxylic acid groups (broad SMARTS) is 1. The molecule has 0 spiro atoms. The van der Waals surface area contributed by atoms with Crippen LogP contribution in [-0.4, -0.2) is 53.4 Å². The molecule has 1 aromatic rings. The maximum absolute atomic E-state index is 11.9. The van der Waals surface area contributed by atoms with Crippen LogP contribution in [0, 0.1) is 0 Å². The third kappa shape index (κ3) is 4.06. The predicted octanol–water partition coefficient (Wildman–Crippen LogP) is -0.0121. The van der Waals surface area contributed by atoms with Gasteiger partial charge in [-0.25, -0.2) is 0 Å². The molecular formula is C12H15N3O4. The predicted molar refractivity (Wildman–Crippen MR) is 66.8 cm³/mol. The molecule has 0 radical (unpaired) electrons. The van der Waals surface area contributed by atoms with Gasteiger partial charge < -0.3 is 15.3 Å². The van der Waals surface area contributed by atoms with E-state index in [1.54, 1.807) is 0 Å². The van der Waals surface area contributed by atoms with E-state index in [1.165, 1.54) is 37.3 Å². The summed E-state index contributed by atoms with van der Waals surface area (Å²) in [5.41, 5.74) is 0.521. The first-order valence-corrected chi connectivity index (χ1v) is 5.61. The van der Waals surface area contributed by atoms with Crippen LogP contribution in [0.3, 0.4) is 0 Å². The van der Waals surface area contributed by atoms with Crippen LogP contribution in [0.4, 0.5) is 0 Å². The van der Waals surface area contributed by atoms with Gasteiger partial charge in [-0.3, -0.25) is 19.4 Å². The van der Waals surface area contributed by atoms with Crippen LogP contribution < -0.4 is 5.32 Å². The number of carbonyl (C=O) groups excluding carboxylic acids is 2. The van der Waals surface area contributed by atoms with Crippen molar-refractivity contribution in [2.75, 3.05) is 20.6 Å². The molecule has 0 saturated heterocycles. The van der Waals surface area contributed by atoms with Crippen LogP contribution in [0.2, 0.25) is 0 Å². The highest BCUT2D eigenvalue weighted by Gasteiger charge is 2.14. The highest BCUT2D eigenvalue weighted by Crippen LogP contribution is 2.04. The maximum atomic E-state index is 11.9. The van der Waals surface area contributed by atoms with Crippen LogP contribution >= 0.6 is 0 Å². The summed E-state index contributed by atoms with van der Waals surface area (Å²) >= 11 is 0. The second kappa shape index (κ2) is 6.48. The Labute approximate surface area is 110 Å². The summed E-state index contributed by atoms with van der Waals surface area (Å²) in [4.78, 5) is 38.8. The van der Waals surface area contributed by atoms with Gasteiger partial charge in [0.25, 0.3) is 11.8 Å². The van der Waals surface area contributed by atoms with Gasteiger partial charge in [-0.15, -0.1) is 0 Å². The number of hydrogen-bond acceptors (Lipinski definition) is 4. The molecule has 0 aliphatic carbocycles. The number of rotatable bonds is 5. The Bertz CT molecular complexity index is 484. The second-order valence-electron chi connectivity index (χ2n) is 3.88. The monoisotopic (exact) mass is 265 g/mol. The van der Waals surface area contributed by atoms with Crippen LogP contribution in [0.25, 0.3) is 0 Å². The van der Waals surface area contributed by atoms with E-state index in [2.05, 4.69) is 10.3 Å². The Morgan fingerprint density at radius 1 is 1.37 bits per heavy atom. The van der Waals surface area contributed by atoms with E-state index in [0.717, 1.165) is 0 Å². The number of carboxylic acids is 1. The van der Waals surface area contributed by atoms with Crippen molar-refractivity contribution >= 4 is 17.8 Å². The maximum Gasteiger partial charge on any atom is 0.305 e. The largest absolute Gasteiger partial charge is 0.481 e. The highest BCUT2D eigenvalue weighted by atomic mass is 16.4. The van der Waals surface area contributed by atoms with E-state index in [4.69, 9.17) is 5.11 Å². The first-order chi connectivity index (χ1) is 8.95. The van der Waals surface area contributed by atoms with E-state index in [-0.39, 0.29) is 30.5 Å². The standard InChI is InChI=1S/C12H15N3O4/c1-13-11(18)9-4-3-8(7-14-9)12(19)15(2)6-5-10(16)17/h3-4,7H,5-6H2,1-2H3,(H,13,18)(H,16,17). The Morgan fingerprint density at radius 3 is 2.53 bits per heavy atom. The number of carbonyl (C=O) groups is 3. The molecule has 2 N–H and O–H groups in total. The smallest absolute Gasteiger partial charge is 0.305 e. The molecular weight excluding hydrogens is 250 g/mol. The summed E-state index contributed by atoms with van der Waals surface area (Å²) in [6, 6.07) is 2.92. The molecule has 1 heterocycles. The number of hydrogen-bond donors (Lipinski definition) is 2. The molecule has 19 heavy (non-hydrogen) atoms. The molecule has 0 saturated carbocycles. The number of amides is 2. The number of pyridine rings is 1. The van der Waals surface area contributed by atoms with Gasteiger partial charge in [0, 0.05) is 26.8 Å². The Balaban J connectivity index is 2.72. The zero-order valence-electron chi connectivity index (χ0n) is 10.7. The van der Waals surface area contributed by atoms with Gasteiger partial charge in [0.15, 0.2) is 0 Å². The fourth-order valence-corrected chi connectivity index (χ4v) is 1.37. The van der Waals surface area contributed by atoms with E-state index in [9.17, 15) is 14.4 Å². The number of aliphatic carboxylic acids is 1. The minimum Gasteiger partial charge on any atom is -0.481 e. The van der Waals surface area contributed by atoms with Crippen LogP contribution in [-0.2, 0) is 4.79 Å². The third-order valence-electron chi connectivity index (χ3n) is 2.48. The second-order valence-corrected chi connectivity index (χ2v) is 3.88. The fourth-order valence-electron chi connectivity index (χ4n) is 1.37. The fraction of sp³-hybridized carbons (Fsp3) is 0.333. The lowest BCUT2D eigenvalue weighted by molar-refractivity contribution is -0.137. The Morgan fingerprint density at radius 2 is 2.05 bits per heavy atom. The SMILES string of the molecule is CNC(=O)c1ccc(C(=O)N(C)CCC(=O)O)cn1. The van der Waals surface area contributed by atoms with Crippen LogP contribution in [0.15, 0.2) is 18.3 Å². The number of aromatic nitrogens is 1. The summed E-state index contributed by atoms with van der Waals surface area (Å²) in [6.07, 6.45) is 1.18. The van der Waals surface area contributed by atoms with Crippen molar-refractivity contribution in [3.8, 4) is 0 Å². The summed E-state index contributed by atoms with van der Waals surface area (Å²) in [5, 5.41) is 11.0. The highest BCUT2D eigenvalue weighted by molar-refractivity contribution is 5.96. The van der Waals surface area contributed by atoms with Gasteiger partial charge in [-0.2, -0.15) is 0 Å². The zero-order chi connectivity index (χ0) is 14.4. The molecule has 0 atom stereocenters. The van der Waals surface area contributed by atoms with E-state index >= 15 is 0 Å². The Kier molecular flexibility index (Phi) is 4.99. The van der Waals surface area contributed by atoms with Crippen molar-refractivity contribution in [2.24, 2.45) is 0 Å². The van der Waals surface area contributed by atoms with Gasteiger partial charge in [0.05, 0.1) is 12.0 Å². The van der Waals surface area contributed by atoms with Crippen LogP contribution in [0.1, 0.15) is 27.3 Å². The molecule has 0 unspecified atom stereocenters. The van der Waals surface area contributed by atoms with E-state index in [1.807, 2.05) is 0 Å². The van der Waals surface area contributed by atoms with Gasteiger partial charge in [0.1, 0.15) is 5.69 Å². The lowest BCUT2D eigenvalue weighted by atomic mass is 10.2. The van der Waals surface area contributed by atoms with Gasteiger partial charge in [-0.05, 0) is 12.1 Å².